The first-order chi connectivity index (χ1) is 14.0. The number of esters is 1. The zero-order chi connectivity index (χ0) is 22.2. The molecule has 0 atom stereocenters. The lowest BCUT2D eigenvalue weighted by Crippen LogP contribution is -2.36. The second-order valence-electron chi connectivity index (χ2n) is 9.06. The third-order valence-electron chi connectivity index (χ3n) is 5.21. The van der Waals surface area contributed by atoms with Crippen LogP contribution in [-0.2, 0) is 14.3 Å². The number of carbonyl (C=O) groups excluding carboxylic acids is 2. The van der Waals surface area contributed by atoms with Gasteiger partial charge in [0, 0.05) is 31.1 Å². The van der Waals surface area contributed by atoms with Crippen molar-refractivity contribution < 1.29 is 24.2 Å². The number of imidazole rings is 1. The van der Waals surface area contributed by atoms with Gasteiger partial charge in [-0.15, -0.1) is 0 Å². The maximum atomic E-state index is 13.0. The number of ether oxygens (including phenoxy) is 2. The molecule has 0 amide bonds. The first-order valence-corrected chi connectivity index (χ1v) is 10.3. The van der Waals surface area contributed by atoms with E-state index in [1.165, 1.54) is 11.7 Å². The van der Waals surface area contributed by atoms with Crippen LogP contribution in [0.1, 0.15) is 59.2 Å². The van der Waals surface area contributed by atoms with Gasteiger partial charge < -0.3 is 19.5 Å². The highest BCUT2D eigenvalue weighted by atomic mass is 16.6. The molecule has 0 saturated carbocycles. The minimum atomic E-state index is -0.655. The van der Waals surface area contributed by atoms with Crippen LogP contribution in [0.5, 0.6) is 5.75 Å². The van der Waals surface area contributed by atoms with Gasteiger partial charge in [0.15, 0.2) is 0 Å². The van der Waals surface area contributed by atoms with Crippen molar-refractivity contribution in [2.24, 2.45) is 5.92 Å². The Morgan fingerprint density at radius 3 is 2.37 bits per heavy atom. The van der Waals surface area contributed by atoms with E-state index in [-0.39, 0.29) is 23.6 Å². The number of phenolic OH excluding ortho intramolecular Hbond substituents is 1. The number of carbonyl (C=O) groups is 2. The number of hydrogen-bond acceptors (Lipinski definition) is 7. The number of rotatable bonds is 3. The molecule has 164 valence electrons. The van der Waals surface area contributed by atoms with Crippen LogP contribution in [0.15, 0.2) is 12.1 Å². The predicted octanol–water partition coefficient (Wildman–Crippen LogP) is 4.04. The first-order valence-electron chi connectivity index (χ1n) is 10.3. The number of piperidine rings is 1. The number of nitrogens with zero attached hydrogens (tertiary/aromatic N) is 3. The minimum absolute atomic E-state index is 0.0232. The Morgan fingerprint density at radius 1 is 1.20 bits per heavy atom. The molecule has 1 aromatic carbocycles. The van der Waals surface area contributed by atoms with Crippen LogP contribution in [0.2, 0.25) is 0 Å². The Morgan fingerprint density at radius 2 is 1.83 bits per heavy atom. The molecule has 1 saturated heterocycles. The SMILES string of the molecule is COC(=O)C1CCN(c2cc(O)cc3c2nc(C(C)C)n3C(=O)OC(C)(C)C)CC1. The summed E-state index contributed by atoms with van der Waals surface area (Å²) in [5.41, 5.74) is 1.24. The number of methoxy groups -OCH3 is 1. The number of aromatic nitrogens is 2. The first kappa shape index (κ1) is 21.9. The summed E-state index contributed by atoms with van der Waals surface area (Å²) in [5.74, 6) is 0.296. The van der Waals surface area contributed by atoms with E-state index in [9.17, 15) is 14.7 Å². The van der Waals surface area contributed by atoms with E-state index in [2.05, 4.69) is 4.90 Å². The third-order valence-corrected chi connectivity index (χ3v) is 5.21. The maximum Gasteiger partial charge on any atom is 0.420 e. The Labute approximate surface area is 176 Å². The molecule has 1 aliphatic rings. The molecule has 0 bridgehead atoms. The largest absolute Gasteiger partial charge is 0.508 e. The van der Waals surface area contributed by atoms with Gasteiger partial charge in [-0.05, 0) is 33.6 Å². The zero-order valence-corrected chi connectivity index (χ0v) is 18.6. The molecule has 2 heterocycles. The van der Waals surface area contributed by atoms with Gasteiger partial charge in [-0.2, -0.15) is 0 Å². The Hall–Kier alpha value is -2.77. The summed E-state index contributed by atoms with van der Waals surface area (Å²) >= 11 is 0. The molecular formula is C22H31N3O5. The van der Waals surface area contributed by atoms with Crippen molar-refractivity contribution in [2.75, 3.05) is 25.1 Å². The number of hydrogen-bond donors (Lipinski definition) is 1. The van der Waals surface area contributed by atoms with E-state index in [4.69, 9.17) is 14.5 Å². The van der Waals surface area contributed by atoms with Crippen molar-refractivity contribution >= 4 is 28.8 Å². The lowest BCUT2D eigenvalue weighted by molar-refractivity contribution is -0.146. The van der Waals surface area contributed by atoms with Gasteiger partial charge in [-0.3, -0.25) is 4.79 Å². The quantitative estimate of drug-likeness (QED) is 0.753. The van der Waals surface area contributed by atoms with Gasteiger partial charge >= 0.3 is 12.1 Å². The van der Waals surface area contributed by atoms with E-state index < -0.39 is 11.7 Å². The average molecular weight is 418 g/mol. The molecule has 8 heteroatoms. The minimum Gasteiger partial charge on any atom is -0.508 e. The number of benzene rings is 1. The molecule has 0 aliphatic carbocycles. The second kappa shape index (κ2) is 8.16. The molecule has 3 rings (SSSR count). The van der Waals surface area contributed by atoms with Crippen molar-refractivity contribution in [1.82, 2.24) is 9.55 Å². The van der Waals surface area contributed by atoms with E-state index in [1.807, 2.05) is 34.6 Å². The number of aromatic hydroxyl groups is 1. The van der Waals surface area contributed by atoms with E-state index >= 15 is 0 Å². The van der Waals surface area contributed by atoms with Crippen LogP contribution in [0.4, 0.5) is 10.5 Å². The van der Waals surface area contributed by atoms with Crippen LogP contribution in [0.3, 0.4) is 0 Å². The summed E-state index contributed by atoms with van der Waals surface area (Å²) in [6.07, 6.45) is 0.802. The van der Waals surface area contributed by atoms with Crippen LogP contribution in [0.25, 0.3) is 11.0 Å². The Balaban J connectivity index is 2.05. The molecule has 1 fully saturated rings. The molecule has 0 unspecified atom stereocenters. The van der Waals surface area contributed by atoms with Crippen LogP contribution >= 0.6 is 0 Å². The van der Waals surface area contributed by atoms with Crippen molar-refractivity contribution in [3.8, 4) is 5.75 Å². The Kier molecular flexibility index (Phi) is 5.97. The highest BCUT2D eigenvalue weighted by Crippen LogP contribution is 2.36. The lowest BCUT2D eigenvalue weighted by Gasteiger charge is -2.32. The average Bonchev–Trinajstić information content (AvgIpc) is 3.05. The normalized spacial score (nSPS) is 15.6. The highest BCUT2D eigenvalue weighted by molar-refractivity contribution is 5.96. The molecule has 0 spiro atoms. The summed E-state index contributed by atoms with van der Waals surface area (Å²) in [6, 6.07) is 3.21. The van der Waals surface area contributed by atoms with Gasteiger partial charge in [0.1, 0.15) is 22.7 Å². The summed E-state index contributed by atoms with van der Waals surface area (Å²) in [7, 11) is 1.41. The van der Waals surface area contributed by atoms with E-state index in [1.54, 1.807) is 12.1 Å². The number of anilines is 1. The molecule has 0 radical (unpaired) electrons. The van der Waals surface area contributed by atoms with Crippen molar-refractivity contribution in [1.29, 1.82) is 0 Å². The summed E-state index contributed by atoms with van der Waals surface area (Å²) in [4.78, 5) is 31.7. The zero-order valence-electron chi connectivity index (χ0n) is 18.6. The van der Waals surface area contributed by atoms with Gasteiger partial charge in [-0.1, -0.05) is 13.8 Å². The number of phenols is 1. The predicted molar refractivity (Wildman–Crippen MR) is 114 cm³/mol. The van der Waals surface area contributed by atoms with Gasteiger partial charge in [0.05, 0.1) is 24.2 Å². The summed E-state index contributed by atoms with van der Waals surface area (Å²) in [5, 5.41) is 10.4. The van der Waals surface area contributed by atoms with Crippen LogP contribution in [-0.4, -0.2) is 52.5 Å². The maximum absolute atomic E-state index is 13.0. The molecule has 1 N–H and O–H groups in total. The topological polar surface area (TPSA) is 93.9 Å². The fraction of sp³-hybridized carbons (Fsp3) is 0.591. The van der Waals surface area contributed by atoms with Gasteiger partial charge in [0.25, 0.3) is 0 Å². The van der Waals surface area contributed by atoms with Crippen molar-refractivity contribution in [3.63, 3.8) is 0 Å². The number of fused-ring (bicyclic) bond motifs is 1. The van der Waals surface area contributed by atoms with E-state index in [0.29, 0.717) is 42.8 Å². The van der Waals surface area contributed by atoms with Crippen molar-refractivity contribution in [2.45, 2.75) is 59.0 Å². The summed E-state index contributed by atoms with van der Waals surface area (Å²) in [6.45, 7) is 10.6. The molecule has 1 aromatic heterocycles. The standard InChI is InChI=1S/C22H31N3O5/c1-13(2)19-23-18-16(24-9-7-14(8-10-24)20(27)29-6)11-15(26)12-17(18)25(19)21(28)30-22(3,4)5/h11-14,26H,7-10H2,1-6H3. The van der Waals surface area contributed by atoms with E-state index in [0.717, 1.165) is 5.69 Å². The fourth-order valence-electron chi connectivity index (χ4n) is 3.81. The molecule has 30 heavy (non-hydrogen) atoms. The fourth-order valence-corrected chi connectivity index (χ4v) is 3.81. The molecule has 2 aromatic rings. The third kappa shape index (κ3) is 4.37. The second-order valence-corrected chi connectivity index (χ2v) is 9.06. The highest BCUT2D eigenvalue weighted by Gasteiger charge is 2.30. The molecule has 8 nitrogen and oxygen atoms in total. The van der Waals surface area contributed by atoms with Crippen LogP contribution < -0.4 is 4.90 Å². The molecule has 1 aliphatic heterocycles. The lowest BCUT2D eigenvalue weighted by atomic mass is 9.96. The smallest absolute Gasteiger partial charge is 0.420 e. The molecular weight excluding hydrogens is 386 g/mol. The van der Waals surface area contributed by atoms with Crippen LogP contribution in [0, 0.1) is 5.92 Å². The Bertz CT molecular complexity index is 950. The van der Waals surface area contributed by atoms with Crippen molar-refractivity contribution in [3.05, 3.63) is 18.0 Å². The van der Waals surface area contributed by atoms with Gasteiger partial charge in [-0.25, -0.2) is 14.3 Å². The van der Waals surface area contributed by atoms with Gasteiger partial charge in [0.2, 0.25) is 0 Å². The summed E-state index contributed by atoms with van der Waals surface area (Å²) < 4.78 is 11.9. The monoisotopic (exact) mass is 417 g/mol.